The third-order valence-electron chi connectivity index (χ3n) is 6.97. The van der Waals surface area contributed by atoms with Crippen LogP contribution in [-0.2, 0) is 4.74 Å². The zero-order valence-corrected chi connectivity index (χ0v) is 26.4. The van der Waals surface area contributed by atoms with Crippen LogP contribution in [-0.4, -0.2) is 77.9 Å². The minimum atomic E-state index is -0.776. The number of carbonyl (C=O) groups is 1. The van der Waals surface area contributed by atoms with Crippen LogP contribution >= 0.6 is 0 Å². The lowest BCUT2D eigenvalue weighted by Gasteiger charge is -2.38. The number of piperazine rings is 1. The van der Waals surface area contributed by atoms with E-state index in [0.717, 1.165) is 19.3 Å². The zero-order chi connectivity index (χ0) is 32.9. The van der Waals surface area contributed by atoms with Gasteiger partial charge in [0.25, 0.3) is 5.69 Å². The van der Waals surface area contributed by atoms with Crippen molar-refractivity contribution >= 4 is 46.3 Å². The van der Waals surface area contributed by atoms with E-state index in [1.165, 1.54) is 26.4 Å². The van der Waals surface area contributed by atoms with Crippen molar-refractivity contribution < 1.29 is 28.3 Å². The standard InChI is InChI=1S/C30H39FN8O6/c1-18(2)37-10-12-38(13-11-37)23-16-26(44-7)22(15-24(23)39(41)42)35-28-32-17-20(31)27(36-28)34-21-14-19(8-9-25(21)43-6)33-29(40)45-30(3,4)5/h8-9,14-18H,10-13H2,1-7H3,(H,33,40)(H2,32,34,35,36). The van der Waals surface area contributed by atoms with E-state index in [-0.39, 0.29) is 23.1 Å². The minimum absolute atomic E-state index is 0.0493. The van der Waals surface area contributed by atoms with E-state index in [1.807, 2.05) is 4.90 Å². The van der Waals surface area contributed by atoms with Gasteiger partial charge in [0.15, 0.2) is 11.6 Å². The molecule has 1 aromatic heterocycles. The second kappa shape index (κ2) is 13.8. The number of rotatable bonds is 10. The van der Waals surface area contributed by atoms with Crippen LogP contribution in [0.1, 0.15) is 34.6 Å². The first kappa shape index (κ1) is 33.0. The van der Waals surface area contributed by atoms with Crippen molar-refractivity contribution in [2.75, 3.05) is 61.2 Å². The maximum atomic E-state index is 14.9. The lowest BCUT2D eigenvalue weighted by atomic mass is 10.1. The van der Waals surface area contributed by atoms with Crippen molar-refractivity contribution in [2.45, 2.75) is 46.3 Å². The molecule has 15 heteroatoms. The van der Waals surface area contributed by atoms with Gasteiger partial charge in [0, 0.05) is 50.0 Å². The largest absolute Gasteiger partial charge is 0.495 e. The van der Waals surface area contributed by atoms with Gasteiger partial charge in [-0.3, -0.25) is 20.3 Å². The summed E-state index contributed by atoms with van der Waals surface area (Å²) in [6.45, 7) is 12.3. The molecule has 3 aromatic rings. The number of methoxy groups -OCH3 is 2. The average molecular weight is 627 g/mol. The molecule has 3 N–H and O–H groups in total. The van der Waals surface area contributed by atoms with E-state index in [2.05, 4.69) is 44.7 Å². The van der Waals surface area contributed by atoms with Gasteiger partial charge in [0.2, 0.25) is 5.95 Å². The highest BCUT2D eigenvalue weighted by Gasteiger charge is 2.27. The molecule has 1 fully saturated rings. The number of halogens is 1. The first-order valence-electron chi connectivity index (χ1n) is 14.4. The summed E-state index contributed by atoms with van der Waals surface area (Å²) in [7, 11) is 2.90. The number of hydrogen-bond donors (Lipinski definition) is 3. The lowest BCUT2D eigenvalue weighted by molar-refractivity contribution is -0.384. The molecule has 1 amide bonds. The summed E-state index contributed by atoms with van der Waals surface area (Å²) in [5, 5.41) is 20.5. The predicted octanol–water partition coefficient (Wildman–Crippen LogP) is 5.91. The van der Waals surface area contributed by atoms with Gasteiger partial charge in [0.05, 0.1) is 36.7 Å². The fraction of sp³-hybridized carbons (Fsp3) is 0.433. The van der Waals surface area contributed by atoms with Crippen LogP contribution in [0.15, 0.2) is 36.5 Å². The van der Waals surface area contributed by atoms with Crippen LogP contribution in [0.4, 0.5) is 49.4 Å². The first-order valence-corrected chi connectivity index (χ1v) is 14.4. The molecule has 0 bridgehead atoms. The molecule has 0 unspecified atom stereocenters. The Morgan fingerprint density at radius 1 is 1.02 bits per heavy atom. The van der Waals surface area contributed by atoms with E-state index in [9.17, 15) is 19.3 Å². The predicted molar refractivity (Wildman–Crippen MR) is 170 cm³/mol. The van der Waals surface area contributed by atoms with Crippen LogP contribution in [0.5, 0.6) is 11.5 Å². The molecule has 2 heterocycles. The van der Waals surface area contributed by atoms with Gasteiger partial charge in [-0.25, -0.2) is 14.2 Å². The van der Waals surface area contributed by atoms with Crippen molar-refractivity contribution in [3.8, 4) is 11.5 Å². The van der Waals surface area contributed by atoms with E-state index in [1.54, 1.807) is 39.0 Å². The molecule has 4 rings (SSSR count). The topological polar surface area (TPSA) is 156 Å². The van der Waals surface area contributed by atoms with Gasteiger partial charge < -0.3 is 29.7 Å². The van der Waals surface area contributed by atoms with Gasteiger partial charge in [-0.15, -0.1) is 0 Å². The Hall–Kier alpha value is -4.92. The maximum absolute atomic E-state index is 14.9. The Balaban J connectivity index is 1.59. The summed E-state index contributed by atoms with van der Waals surface area (Å²) in [6, 6.07) is 8.08. The van der Waals surface area contributed by atoms with Crippen LogP contribution in [0, 0.1) is 15.9 Å². The fourth-order valence-electron chi connectivity index (χ4n) is 4.77. The van der Waals surface area contributed by atoms with Crippen LogP contribution in [0.3, 0.4) is 0 Å². The van der Waals surface area contributed by atoms with Crippen LogP contribution < -0.4 is 30.3 Å². The molecular formula is C30H39FN8O6. The molecule has 2 aromatic carbocycles. The molecule has 0 spiro atoms. The number of benzene rings is 2. The quantitative estimate of drug-likeness (QED) is 0.181. The van der Waals surface area contributed by atoms with E-state index < -0.39 is 22.4 Å². The smallest absolute Gasteiger partial charge is 0.412 e. The molecule has 0 aliphatic carbocycles. The Kier molecular flexibility index (Phi) is 10.1. The molecular weight excluding hydrogens is 587 g/mol. The SMILES string of the molecule is COc1cc(N2CCN(C(C)C)CC2)c([N+](=O)[O-])cc1Nc1ncc(F)c(Nc2cc(NC(=O)OC(C)(C)C)ccc2OC)n1. The number of amides is 1. The number of nitrogens with one attached hydrogen (secondary N) is 3. The summed E-state index contributed by atoms with van der Waals surface area (Å²) < 4.78 is 31.2. The average Bonchev–Trinajstić information content (AvgIpc) is 2.97. The number of aromatic nitrogens is 2. The van der Waals surface area contributed by atoms with Crippen molar-refractivity contribution in [2.24, 2.45) is 0 Å². The Labute approximate surface area is 261 Å². The Morgan fingerprint density at radius 2 is 1.69 bits per heavy atom. The Morgan fingerprint density at radius 3 is 2.29 bits per heavy atom. The molecule has 14 nitrogen and oxygen atoms in total. The van der Waals surface area contributed by atoms with Gasteiger partial charge in [-0.2, -0.15) is 4.98 Å². The van der Waals surface area contributed by atoms with E-state index >= 15 is 0 Å². The van der Waals surface area contributed by atoms with Gasteiger partial charge in [0.1, 0.15) is 22.8 Å². The molecule has 0 atom stereocenters. The lowest BCUT2D eigenvalue weighted by Crippen LogP contribution is -2.49. The first-order chi connectivity index (χ1) is 21.3. The highest BCUT2D eigenvalue weighted by Crippen LogP contribution is 2.40. The summed E-state index contributed by atoms with van der Waals surface area (Å²) in [5.41, 5.74) is 0.522. The van der Waals surface area contributed by atoms with E-state index in [0.29, 0.717) is 47.7 Å². The third-order valence-corrected chi connectivity index (χ3v) is 6.97. The van der Waals surface area contributed by atoms with Crippen LogP contribution in [0.25, 0.3) is 0 Å². The van der Waals surface area contributed by atoms with Crippen molar-refractivity contribution in [1.29, 1.82) is 0 Å². The summed E-state index contributed by atoms with van der Waals surface area (Å²) >= 11 is 0. The Bertz CT molecular complexity index is 1540. The minimum Gasteiger partial charge on any atom is -0.495 e. The van der Waals surface area contributed by atoms with Crippen LogP contribution in [0.2, 0.25) is 0 Å². The number of ether oxygens (including phenoxy) is 3. The number of nitro benzene ring substituents is 1. The zero-order valence-electron chi connectivity index (χ0n) is 26.4. The van der Waals surface area contributed by atoms with Crippen molar-refractivity contribution in [1.82, 2.24) is 14.9 Å². The van der Waals surface area contributed by atoms with Crippen molar-refractivity contribution in [3.63, 3.8) is 0 Å². The molecule has 1 saturated heterocycles. The van der Waals surface area contributed by atoms with E-state index in [4.69, 9.17) is 14.2 Å². The van der Waals surface area contributed by atoms with Gasteiger partial charge >= 0.3 is 6.09 Å². The third kappa shape index (κ3) is 8.38. The van der Waals surface area contributed by atoms with Crippen molar-refractivity contribution in [3.05, 3.63) is 52.5 Å². The summed E-state index contributed by atoms with van der Waals surface area (Å²) in [6.07, 6.45) is 0.293. The van der Waals surface area contributed by atoms with Gasteiger partial charge in [-0.05, 0) is 52.8 Å². The molecule has 45 heavy (non-hydrogen) atoms. The normalized spacial score (nSPS) is 13.8. The molecule has 242 valence electrons. The highest BCUT2D eigenvalue weighted by atomic mass is 19.1. The number of carbonyl (C=O) groups excluding carboxylic acids is 1. The second-order valence-corrected chi connectivity index (χ2v) is 11.6. The second-order valence-electron chi connectivity index (χ2n) is 11.6. The highest BCUT2D eigenvalue weighted by molar-refractivity contribution is 5.86. The molecule has 0 radical (unpaired) electrons. The summed E-state index contributed by atoms with van der Waals surface area (Å²) in [4.78, 5) is 36.5. The molecule has 0 saturated carbocycles. The number of nitrogens with zero attached hydrogens (tertiary/aromatic N) is 5. The monoisotopic (exact) mass is 626 g/mol. The fourth-order valence-corrected chi connectivity index (χ4v) is 4.77. The molecule has 1 aliphatic rings. The number of hydrogen-bond acceptors (Lipinski definition) is 12. The van der Waals surface area contributed by atoms with Gasteiger partial charge in [-0.1, -0.05) is 0 Å². The number of nitro groups is 1. The number of anilines is 6. The molecule has 1 aliphatic heterocycles. The summed E-state index contributed by atoms with van der Waals surface area (Å²) in [5.74, 6) is -0.367. The maximum Gasteiger partial charge on any atom is 0.412 e.